The van der Waals surface area contributed by atoms with Crippen LogP contribution in [0.1, 0.15) is 106 Å². The molecule has 39 heavy (non-hydrogen) atoms. The summed E-state index contributed by atoms with van der Waals surface area (Å²) in [7, 11) is 3.17. The van der Waals surface area contributed by atoms with Gasteiger partial charge in [-0.2, -0.15) is 0 Å². The minimum atomic E-state index is -1.96. The van der Waals surface area contributed by atoms with E-state index < -0.39 is 29.3 Å². The molecule has 1 rings (SSSR count). The average Bonchev–Trinajstić information content (AvgIpc) is 2.92. The molecular weight excluding hydrogens is 504 g/mol. The summed E-state index contributed by atoms with van der Waals surface area (Å²) in [5.74, 6) is -6.86. The molecule has 5 unspecified atom stereocenters. The fourth-order valence-corrected chi connectivity index (χ4v) is 5.26. The molecule has 9 nitrogen and oxygen atoms in total. The third-order valence-electron chi connectivity index (χ3n) is 7.36. The highest BCUT2D eigenvalue weighted by molar-refractivity contribution is 5.13. The summed E-state index contributed by atoms with van der Waals surface area (Å²) in [5, 5.41) is 12.6. The van der Waals surface area contributed by atoms with E-state index in [4.69, 9.17) is 37.9 Å². The standard InChI is InChI=1S/C30H60O9/c1-10-15-17-26(13-4)24-38-27(31)18-19-28(33-9,34-14-5)30(35-20-12-3,36-21-16-11-2)29(27,39-25(6)7)37-23-22-32-8/h25-26,31H,10-24H2,1-9H3. The Labute approximate surface area is 238 Å². The van der Waals surface area contributed by atoms with Crippen LogP contribution in [0.5, 0.6) is 0 Å². The molecule has 0 bridgehead atoms. The molecule has 0 radical (unpaired) electrons. The summed E-state index contributed by atoms with van der Waals surface area (Å²) < 4.78 is 51.0. The molecule has 0 heterocycles. The number of hydrogen-bond donors (Lipinski definition) is 1. The van der Waals surface area contributed by atoms with Gasteiger partial charge in [0.1, 0.15) is 0 Å². The Kier molecular flexibility index (Phi) is 17.1. The Bertz CT molecular complexity index is 636. The van der Waals surface area contributed by atoms with Crippen molar-refractivity contribution in [1.82, 2.24) is 0 Å². The minimum Gasteiger partial charge on any atom is -0.382 e. The summed E-state index contributed by atoms with van der Waals surface area (Å²) in [4.78, 5) is 0. The van der Waals surface area contributed by atoms with Gasteiger partial charge in [-0.25, -0.2) is 0 Å². The molecule has 1 aliphatic rings. The Morgan fingerprint density at radius 1 is 0.718 bits per heavy atom. The van der Waals surface area contributed by atoms with Crippen LogP contribution >= 0.6 is 0 Å². The van der Waals surface area contributed by atoms with Crippen LogP contribution in [-0.4, -0.2) is 88.2 Å². The fraction of sp³-hybridized carbons (Fsp3) is 1.00. The third kappa shape index (κ3) is 8.58. The van der Waals surface area contributed by atoms with Gasteiger partial charge in [-0.05, 0) is 46.0 Å². The summed E-state index contributed by atoms with van der Waals surface area (Å²) in [6.45, 7) is 15.7. The molecule has 0 spiro atoms. The van der Waals surface area contributed by atoms with Crippen molar-refractivity contribution in [2.24, 2.45) is 5.92 Å². The first-order valence-corrected chi connectivity index (χ1v) is 15.3. The summed E-state index contributed by atoms with van der Waals surface area (Å²) in [6.07, 6.45) is 6.47. The Hall–Kier alpha value is -0.360. The lowest BCUT2D eigenvalue weighted by Gasteiger charge is -2.63. The molecule has 0 aromatic rings. The van der Waals surface area contributed by atoms with E-state index >= 15 is 0 Å². The third-order valence-corrected chi connectivity index (χ3v) is 7.36. The van der Waals surface area contributed by atoms with Crippen LogP contribution in [-0.2, 0) is 37.9 Å². The fourth-order valence-electron chi connectivity index (χ4n) is 5.26. The van der Waals surface area contributed by atoms with Gasteiger partial charge in [0.05, 0.1) is 39.1 Å². The molecule has 0 aliphatic heterocycles. The van der Waals surface area contributed by atoms with Crippen molar-refractivity contribution in [1.29, 1.82) is 0 Å². The SMILES string of the molecule is CCCCOC1(OCCC)C(OC)(OCC)CCC(O)(OCC(CC)CCCC)C1(OCCOC)OC(C)C. The van der Waals surface area contributed by atoms with Gasteiger partial charge in [-0.15, -0.1) is 0 Å². The van der Waals surface area contributed by atoms with Crippen LogP contribution in [0.3, 0.4) is 0 Å². The second-order valence-corrected chi connectivity index (χ2v) is 10.7. The largest absolute Gasteiger partial charge is 0.382 e. The lowest BCUT2D eigenvalue weighted by Crippen LogP contribution is -2.84. The second-order valence-electron chi connectivity index (χ2n) is 10.7. The predicted octanol–water partition coefficient (Wildman–Crippen LogP) is 5.80. The highest BCUT2D eigenvalue weighted by atomic mass is 16.9. The molecule has 5 atom stereocenters. The molecule has 0 saturated heterocycles. The van der Waals surface area contributed by atoms with E-state index in [1.54, 1.807) is 14.2 Å². The number of methoxy groups -OCH3 is 2. The number of hydrogen-bond acceptors (Lipinski definition) is 9. The Morgan fingerprint density at radius 3 is 1.92 bits per heavy atom. The number of rotatable bonds is 23. The molecule has 234 valence electrons. The predicted molar refractivity (Wildman–Crippen MR) is 151 cm³/mol. The van der Waals surface area contributed by atoms with Crippen molar-refractivity contribution >= 4 is 0 Å². The Morgan fingerprint density at radius 2 is 1.38 bits per heavy atom. The van der Waals surface area contributed by atoms with Gasteiger partial charge < -0.3 is 43.0 Å². The maximum atomic E-state index is 12.6. The van der Waals surface area contributed by atoms with E-state index in [2.05, 4.69) is 20.8 Å². The quantitative estimate of drug-likeness (QED) is 0.122. The van der Waals surface area contributed by atoms with E-state index in [9.17, 15) is 5.11 Å². The molecule has 0 aromatic carbocycles. The van der Waals surface area contributed by atoms with Crippen LogP contribution in [0.25, 0.3) is 0 Å². The molecule has 1 aliphatic carbocycles. The number of unbranched alkanes of at least 4 members (excludes halogenated alkanes) is 2. The topological polar surface area (TPSA) is 94.1 Å². The van der Waals surface area contributed by atoms with E-state index in [1.165, 1.54) is 0 Å². The lowest BCUT2D eigenvalue weighted by molar-refractivity contribution is -0.564. The average molecular weight is 565 g/mol. The highest BCUT2D eigenvalue weighted by Crippen LogP contribution is 2.57. The van der Waals surface area contributed by atoms with Crippen molar-refractivity contribution in [3.05, 3.63) is 0 Å². The normalized spacial score (nSPS) is 30.2. The van der Waals surface area contributed by atoms with Crippen LogP contribution in [0.4, 0.5) is 0 Å². The Balaban J connectivity index is 3.90. The smallest absolute Gasteiger partial charge is 0.285 e. The van der Waals surface area contributed by atoms with E-state index in [0.29, 0.717) is 32.8 Å². The molecule has 9 heteroatoms. The van der Waals surface area contributed by atoms with Gasteiger partial charge in [0.15, 0.2) is 0 Å². The van der Waals surface area contributed by atoms with Gasteiger partial charge in [0.25, 0.3) is 11.6 Å². The van der Waals surface area contributed by atoms with Crippen molar-refractivity contribution in [2.75, 3.05) is 53.9 Å². The van der Waals surface area contributed by atoms with Crippen molar-refractivity contribution in [2.45, 2.75) is 136 Å². The van der Waals surface area contributed by atoms with Gasteiger partial charge in [-0.1, -0.05) is 53.4 Å². The maximum absolute atomic E-state index is 12.6. The second kappa shape index (κ2) is 18.2. The molecule has 0 amide bonds. The molecule has 1 fully saturated rings. The van der Waals surface area contributed by atoms with E-state index in [0.717, 1.165) is 38.5 Å². The molecule has 1 saturated carbocycles. The van der Waals surface area contributed by atoms with E-state index in [-0.39, 0.29) is 32.0 Å². The summed E-state index contributed by atoms with van der Waals surface area (Å²) in [6, 6.07) is 0. The van der Waals surface area contributed by atoms with Gasteiger partial charge in [0, 0.05) is 33.7 Å². The lowest BCUT2D eigenvalue weighted by atomic mass is 9.76. The van der Waals surface area contributed by atoms with Crippen LogP contribution in [0, 0.1) is 5.92 Å². The molecular formula is C30H60O9. The maximum Gasteiger partial charge on any atom is 0.285 e. The van der Waals surface area contributed by atoms with Gasteiger partial charge >= 0.3 is 0 Å². The van der Waals surface area contributed by atoms with Crippen LogP contribution < -0.4 is 0 Å². The van der Waals surface area contributed by atoms with Crippen molar-refractivity contribution in [3.8, 4) is 0 Å². The zero-order valence-electron chi connectivity index (χ0n) is 26.5. The zero-order chi connectivity index (χ0) is 29.4. The first kappa shape index (κ1) is 36.7. The monoisotopic (exact) mass is 564 g/mol. The van der Waals surface area contributed by atoms with Gasteiger partial charge in [0.2, 0.25) is 11.6 Å². The van der Waals surface area contributed by atoms with Crippen molar-refractivity contribution < 1.29 is 43.0 Å². The number of ether oxygens (including phenoxy) is 8. The molecule has 0 aromatic heterocycles. The summed E-state index contributed by atoms with van der Waals surface area (Å²) in [5.41, 5.74) is 0. The minimum absolute atomic E-state index is 0.0994. The molecule has 1 N–H and O–H groups in total. The van der Waals surface area contributed by atoms with Crippen LogP contribution in [0.2, 0.25) is 0 Å². The first-order chi connectivity index (χ1) is 18.7. The zero-order valence-corrected chi connectivity index (χ0v) is 26.5. The first-order valence-electron chi connectivity index (χ1n) is 15.3. The highest BCUT2D eigenvalue weighted by Gasteiger charge is 2.81. The summed E-state index contributed by atoms with van der Waals surface area (Å²) >= 11 is 0. The van der Waals surface area contributed by atoms with Gasteiger partial charge in [-0.3, -0.25) is 0 Å². The van der Waals surface area contributed by atoms with Crippen molar-refractivity contribution in [3.63, 3.8) is 0 Å². The van der Waals surface area contributed by atoms with E-state index in [1.807, 2.05) is 27.7 Å². The van der Waals surface area contributed by atoms with Crippen LogP contribution in [0.15, 0.2) is 0 Å². The number of aliphatic hydroxyl groups is 1.